The zero-order chi connectivity index (χ0) is 13.8. The van der Waals surface area contributed by atoms with Gasteiger partial charge in [-0.25, -0.2) is 9.67 Å². The first kappa shape index (κ1) is 13.6. The van der Waals surface area contributed by atoms with Crippen molar-refractivity contribution in [2.75, 3.05) is 11.5 Å². The Morgan fingerprint density at radius 3 is 3.10 bits per heavy atom. The van der Waals surface area contributed by atoms with Gasteiger partial charge in [0.05, 0.1) is 5.69 Å². The Hall–Kier alpha value is -1.33. The van der Waals surface area contributed by atoms with Crippen LogP contribution in [0.5, 0.6) is 0 Å². The number of aromatic nitrogens is 3. The summed E-state index contributed by atoms with van der Waals surface area (Å²) in [4.78, 5) is 4.00. The van der Waals surface area contributed by atoms with E-state index in [0.717, 1.165) is 12.2 Å². The molecular weight excluding hydrogens is 268 g/mol. The van der Waals surface area contributed by atoms with Crippen LogP contribution in [0.2, 0.25) is 0 Å². The molecule has 106 valence electrons. The van der Waals surface area contributed by atoms with Crippen LogP contribution in [0.1, 0.15) is 24.0 Å². The smallest absolute Gasteiger partial charge is 0.138 e. The molecule has 4 nitrogen and oxygen atoms in total. The first-order chi connectivity index (χ1) is 9.83. The van der Waals surface area contributed by atoms with Gasteiger partial charge in [-0.1, -0.05) is 12.1 Å². The predicted molar refractivity (Wildman–Crippen MR) is 83.3 cm³/mol. The average Bonchev–Trinajstić information content (AvgIpc) is 3.00. The highest BCUT2D eigenvalue weighted by molar-refractivity contribution is 7.99. The molecule has 0 aliphatic carbocycles. The molecule has 1 aromatic carbocycles. The van der Waals surface area contributed by atoms with E-state index in [1.807, 2.05) is 4.68 Å². The van der Waals surface area contributed by atoms with Crippen LogP contribution in [0.25, 0.3) is 5.69 Å². The number of nitrogens with one attached hydrogen (secondary N) is 1. The Bertz CT molecular complexity index is 547. The molecular formula is C15H20N4S. The average molecular weight is 288 g/mol. The number of nitrogens with zero attached hydrogens (tertiary/aromatic N) is 3. The van der Waals surface area contributed by atoms with Gasteiger partial charge >= 0.3 is 0 Å². The van der Waals surface area contributed by atoms with Gasteiger partial charge in [-0.05, 0) is 42.7 Å². The Morgan fingerprint density at radius 1 is 1.45 bits per heavy atom. The third-order valence-corrected chi connectivity index (χ3v) is 4.90. The lowest BCUT2D eigenvalue weighted by Gasteiger charge is -2.22. The van der Waals surface area contributed by atoms with E-state index in [-0.39, 0.29) is 0 Å². The second kappa shape index (κ2) is 6.41. The molecule has 0 spiro atoms. The van der Waals surface area contributed by atoms with Crippen LogP contribution in [-0.2, 0) is 6.54 Å². The fourth-order valence-electron chi connectivity index (χ4n) is 2.58. The monoisotopic (exact) mass is 288 g/mol. The summed E-state index contributed by atoms with van der Waals surface area (Å²) in [6, 6.07) is 7.20. The van der Waals surface area contributed by atoms with E-state index in [0.29, 0.717) is 6.04 Å². The third kappa shape index (κ3) is 3.22. The second-order valence-electron chi connectivity index (χ2n) is 5.26. The lowest BCUT2D eigenvalue weighted by atomic mass is 10.1. The largest absolute Gasteiger partial charge is 0.309 e. The quantitative estimate of drug-likeness (QED) is 0.939. The zero-order valence-electron chi connectivity index (χ0n) is 11.7. The molecule has 1 fully saturated rings. The molecule has 0 bridgehead atoms. The van der Waals surface area contributed by atoms with E-state index in [1.165, 1.54) is 35.5 Å². The van der Waals surface area contributed by atoms with Crippen molar-refractivity contribution in [3.63, 3.8) is 0 Å². The summed E-state index contributed by atoms with van der Waals surface area (Å²) in [5.41, 5.74) is 3.66. The fraction of sp³-hybridized carbons (Fsp3) is 0.467. The Kier molecular flexibility index (Phi) is 4.38. The Morgan fingerprint density at radius 2 is 2.40 bits per heavy atom. The molecule has 1 atom stereocenters. The molecule has 0 radical (unpaired) electrons. The lowest BCUT2D eigenvalue weighted by Crippen LogP contribution is -2.33. The van der Waals surface area contributed by atoms with Gasteiger partial charge in [0, 0.05) is 18.3 Å². The Labute approximate surface area is 124 Å². The molecule has 1 aliphatic rings. The van der Waals surface area contributed by atoms with Crippen LogP contribution in [0.3, 0.4) is 0 Å². The normalized spacial score (nSPS) is 19.1. The molecule has 2 aromatic rings. The molecule has 1 saturated heterocycles. The van der Waals surface area contributed by atoms with E-state index in [1.54, 1.807) is 12.7 Å². The molecule has 5 heteroatoms. The summed E-state index contributed by atoms with van der Waals surface area (Å²) < 4.78 is 1.81. The topological polar surface area (TPSA) is 42.7 Å². The van der Waals surface area contributed by atoms with Crippen molar-refractivity contribution in [2.24, 2.45) is 0 Å². The minimum Gasteiger partial charge on any atom is -0.309 e. The first-order valence-electron chi connectivity index (χ1n) is 7.08. The summed E-state index contributed by atoms with van der Waals surface area (Å²) in [6.07, 6.45) is 5.95. The van der Waals surface area contributed by atoms with E-state index >= 15 is 0 Å². The van der Waals surface area contributed by atoms with Gasteiger partial charge in [0.25, 0.3) is 0 Å². The molecule has 3 rings (SSSR count). The molecule has 0 amide bonds. The van der Waals surface area contributed by atoms with Gasteiger partial charge < -0.3 is 5.32 Å². The number of rotatable bonds is 4. The number of hydrogen-bond donors (Lipinski definition) is 1. The molecule has 1 N–H and O–H groups in total. The predicted octanol–water partition coefficient (Wildman–Crippen LogP) is 2.56. The van der Waals surface area contributed by atoms with Crippen molar-refractivity contribution in [1.82, 2.24) is 20.1 Å². The fourth-order valence-corrected chi connectivity index (χ4v) is 3.69. The highest BCUT2D eigenvalue weighted by Gasteiger charge is 2.13. The maximum atomic E-state index is 4.18. The number of thioether (sulfide) groups is 1. The van der Waals surface area contributed by atoms with Crippen molar-refractivity contribution in [3.8, 4) is 5.69 Å². The van der Waals surface area contributed by atoms with E-state index in [2.05, 4.69) is 52.3 Å². The maximum absolute atomic E-state index is 4.18. The minimum atomic E-state index is 0.670. The standard InChI is InChI=1S/C15H20N4S/c1-12-7-13(8-17-14-3-2-6-20-9-14)4-5-15(12)19-11-16-10-18-19/h4-5,7,10-11,14,17H,2-3,6,8-9H2,1H3/t14-/m1/s1. The molecule has 20 heavy (non-hydrogen) atoms. The summed E-state index contributed by atoms with van der Waals surface area (Å²) in [7, 11) is 0. The molecule has 0 saturated carbocycles. The van der Waals surface area contributed by atoms with Gasteiger partial charge in [-0.2, -0.15) is 16.9 Å². The van der Waals surface area contributed by atoms with Crippen LogP contribution in [0, 0.1) is 6.92 Å². The Balaban J connectivity index is 1.64. The van der Waals surface area contributed by atoms with Crippen molar-refractivity contribution in [2.45, 2.75) is 32.4 Å². The van der Waals surface area contributed by atoms with Crippen molar-refractivity contribution in [3.05, 3.63) is 42.0 Å². The highest BCUT2D eigenvalue weighted by Crippen LogP contribution is 2.18. The minimum absolute atomic E-state index is 0.670. The van der Waals surface area contributed by atoms with Crippen LogP contribution in [-0.4, -0.2) is 32.3 Å². The van der Waals surface area contributed by atoms with Gasteiger partial charge in [0.1, 0.15) is 12.7 Å². The third-order valence-electron chi connectivity index (χ3n) is 3.68. The molecule has 2 heterocycles. The highest BCUT2D eigenvalue weighted by atomic mass is 32.2. The number of benzene rings is 1. The summed E-state index contributed by atoms with van der Waals surface area (Å²) >= 11 is 2.06. The molecule has 0 unspecified atom stereocenters. The summed E-state index contributed by atoms with van der Waals surface area (Å²) in [5.74, 6) is 2.57. The maximum Gasteiger partial charge on any atom is 0.138 e. The van der Waals surface area contributed by atoms with Crippen LogP contribution in [0.4, 0.5) is 0 Å². The van der Waals surface area contributed by atoms with Crippen LogP contribution < -0.4 is 5.32 Å². The van der Waals surface area contributed by atoms with Crippen LogP contribution in [0.15, 0.2) is 30.9 Å². The lowest BCUT2D eigenvalue weighted by molar-refractivity contribution is 0.507. The SMILES string of the molecule is Cc1cc(CN[C@@H]2CCCSC2)ccc1-n1cncn1. The van der Waals surface area contributed by atoms with Gasteiger partial charge in [0.2, 0.25) is 0 Å². The number of aryl methyl sites for hydroxylation is 1. The van der Waals surface area contributed by atoms with E-state index in [4.69, 9.17) is 0 Å². The van der Waals surface area contributed by atoms with E-state index in [9.17, 15) is 0 Å². The molecule has 1 aliphatic heterocycles. The number of hydrogen-bond acceptors (Lipinski definition) is 4. The summed E-state index contributed by atoms with van der Waals surface area (Å²) in [6.45, 7) is 3.07. The first-order valence-corrected chi connectivity index (χ1v) is 8.24. The molecule has 1 aromatic heterocycles. The van der Waals surface area contributed by atoms with Gasteiger partial charge in [-0.15, -0.1) is 0 Å². The summed E-state index contributed by atoms with van der Waals surface area (Å²) in [5, 5.41) is 7.85. The van der Waals surface area contributed by atoms with Crippen molar-refractivity contribution in [1.29, 1.82) is 0 Å². The zero-order valence-corrected chi connectivity index (χ0v) is 12.6. The van der Waals surface area contributed by atoms with Gasteiger partial charge in [-0.3, -0.25) is 0 Å². The second-order valence-corrected chi connectivity index (χ2v) is 6.41. The van der Waals surface area contributed by atoms with Gasteiger partial charge in [0.15, 0.2) is 0 Å². The van der Waals surface area contributed by atoms with Crippen molar-refractivity contribution < 1.29 is 0 Å². The van der Waals surface area contributed by atoms with Crippen LogP contribution >= 0.6 is 11.8 Å². The van der Waals surface area contributed by atoms with Crippen molar-refractivity contribution >= 4 is 11.8 Å². The van der Waals surface area contributed by atoms with E-state index < -0.39 is 0 Å².